The Morgan fingerprint density at radius 3 is 2.77 bits per heavy atom. The standard InChI is InChI=1S/C20H25BN2O6S/c1-3-4-5-16(20(22)24)17-11-15(28-2)8-9-19(17)30(26,27)23-14-7-6-13-12-29-21(25)18(13)10-14/h6-11,16,23,25H,3-5,12H2,1-2H3,(H2,22,24). The number of fused-ring (bicyclic) bond motifs is 1. The molecule has 2 aromatic rings. The highest BCUT2D eigenvalue weighted by atomic mass is 32.2. The monoisotopic (exact) mass is 432 g/mol. The van der Waals surface area contributed by atoms with Crippen LogP contribution in [0.5, 0.6) is 5.75 Å². The second-order valence-electron chi connectivity index (χ2n) is 7.18. The van der Waals surface area contributed by atoms with Gasteiger partial charge >= 0.3 is 7.12 Å². The molecule has 4 N–H and O–H groups in total. The molecule has 1 heterocycles. The average Bonchev–Trinajstić information content (AvgIpc) is 3.08. The zero-order chi connectivity index (χ0) is 21.9. The summed E-state index contributed by atoms with van der Waals surface area (Å²) >= 11 is 0. The van der Waals surface area contributed by atoms with Crippen molar-refractivity contribution in [2.24, 2.45) is 5.73 Å². The first-order chi connectivity index (χ1) is 14.3. The van der Waals surface area contributed by atoms with Gasteiger partial charge in [-0.25, -0.2) is 8.42 Å². The summed E-state index contributed by atoms with van der Waals surface area (Å²) in [5, 5.41) is 9.87. The van der Waals surface area contributed by atoms with E-state index in [1.54, 1.807) is 18.2 Å². The fourth-order valence-electron chi connectivity index (χ4n) is 3.52. The van der Waals surface area contributed by atoms with Crippen molar-refractivity contribution >= 4 is 34.2 Å². The molecule has 0 fully saturated rings. The number of sulfonamides is 1. The maximum absolute atomic E-state index is 13.2. The van der Waals surface area contributed by atoms with Crippen molar-refractivity contribution in [3.63, 3.8) is 0 Å². The molecule has 1 aliphatic rings. The predicted octanol–water partition coefficient (Wildman–Crippen LogP) is 1.47. The summed E-state index contributed by atoms with van der Waals surface area (Å²) in [5.41, 5.74) is 7.50. The predicted molar refractivity (Wildman–Crippen MR) is 114 cm³/mol. The zero-order valence-corrected chi connectivity index (χ0v) is 17.7. The second kappa shape index (κ2) is 9.07. The molecule has 0 saturated heterocycles. The first-order valence-corrected chi connectivity index (χ1v) is 11.2. The quantitative estimate of drug-likeness (QED) is 0.515. The van der Waals surface area contributed by atoms with E-state index in [0.29, 0.717) is 23.2 Å². The maximum atomic E-state index is 13.2. The summed E-state index contributed by atoms with van der Waals surface area (Å²) in [6.45, 7) is 2.25. The SMILES string of the molecule is CCCCC(C(N)=O)c1cc(OC)ccc1S(=O)(=O)Nc1ccc2c(c1)B(O)OC2. The van der Waals surface area contributed by atoms with Gasteiger partial charge in [0.15, 0.2) is 0 Å². The third-order valence-electron chi connectivity index (χ3n) is 5.13. The molecule has 0 radical (unpaired) electrons. The van der Waals surface area contributed by atoms with Gasteiger partial charge in [-0.15, -0.1) is 0 Å². The zero-order valence-electron chi connectivity index (χ0n) is 16.9. The number of hydrogen-bond acceptors (Lipinski definition) is 6. The molecule has 0 bridgehead atoms. The van der Waals surface area contributed by atoms with Gasteiger partial charge in [-0.1, -0.05) is 25.8 Å². The molecule has 1 aliphatic heterocycles. The molecule has 8 nitrogen and oxygen atoms in total. The first kappa shape index (κ1) is 22.1. The molecule has 0 aromatic heterocycles. The maximum Gasteiger partial charge on any atom is 0.491 e. The number of rotatable bonds is 9. The van der Waals surface area contributed by atoms with Crippen LogP contribution in [-0.2, 0) is 26.1 Å². The highest BCUT2D eigenvalue weighted by Gasteiger charge is 2.30. The van der Waals surface area contributed by atoms with Crippen molar-refractivity contribution in [3.05, 3.63) is 47.5 Å². The van der Waals surface area contributed by atoms with E-state index in [1.807, 2.05) is 6.92 Å². The normalized spacial score (nSPS) is 14.3. The topological polar surface area (TPSA) is 128 Å². The average molecular weight is 432 g/mol. The Morgan fingerprint density at radius 1 is 1.33 bits per heavy atom. The molecule has 1 atom stereocenters. The van der Waals surface area contributed by atoms with Crippen LogP contribution in [0.1, 0.15) is 43.2 Å². The van der Waals surface area contributed by atoms with E-state index in [9.17, 15) is 18.2 Å². The molecule has 160 valence electrons. The molecule has 30 heavy (non-hydrogen) atoms. The van der Waals surface area contributed by atoms with Gasteiger partial charge in [0.1, 0.15) is 5.75 Å². The number of hydrogen-bond donors (Lipinski definition) is 3. The van der Waals surface area contributed by atoms with Crippen molar-refractivity contribution in [3.8, 4) is 5.75 Å². The van der Waals surface area contributed by atoms with E-state index in [0.717, 1.165) is 18.4 Å². The van der Waals surface area contributed by atoms with E-state index < -0.39 is 29.0 Å². The van der Waals surface area contributed by atoms with E-state index in [4.69, 9.17) is 15.1 Å². The lowest BCUT2D eigenvalue weighted by molar-refractivity contribution is -0.119. The third-order valence-corrected chi connectivity index (χ3v) is 6.59. The number of nitrogens with two attached hydrogens (primary N) is 1. The molecule has 3 rings (SSSR count). The number of carbonyl (C=O) groups excluding carboxylic acids is 1. The lowest BCUT2D eigenvalue weighted by Crippen LogP contribution is -2.29. The van der Waals surface area contributed by atoms with Crippen LogP contribution in [0.3, 0.4) is 0 Å². The van der Waals surface area contributed by atoms with Crippen LogP contribution in [0.15, 0.2) is 41.3 Å². The van der Waals surface area contributed by atoms with Gasteiger partial charge in [0, 0.05) is 5.69 Å². The molecular formula is C20H25BN2O6S. The van der Waals surface area contributed by atoms with Gasteiger partial charge in [0.2, 0.25) is 5.91 Å². The van der Waals surface area contributed by atoms with Gasteiger partial charge in [0.05, 0.1) is 24.5 Å². The van der Waals surface area contributed by atoms with Crippen molar-refractivity contribution in [1.82, 2.24) is 0 Å². The van der Waals surface area contributed by atoms with Crippen LogP contribution in [0.2, 0.25) is 0 Å². The van der Waals surface area contributed by atoms with Crippen LogP contribution >= 0.6 is 0 Å². The Hall–Kier alpha value is -2.56. The summed E-state index contributed by atoms with van der Waals surface area (Å²) in [5.74, 6) is -0.919. The number of carbonyl (C=O) groups is 1. The largest absolute Gasteiger partial charge is 0.497 e. The Morgan fingerprint density at radius 2 is 2.10 bits per heavy atom. The summed E-state index contributed by atoms with van der Waals surface area (Å²) in [7, 11) is -3.66. The number of primary amides is 1. The third kappa shape index (κ3) is 4.61. The molecule has 0 aliphatic carbocycles. The van der Waals surface area contributed by atoms with Gasteiger partial charge < -0.3 is 20.1 Å². The van der Waals surface area contributed by atoms with Crippen LogP contribution in [0.25, 0.3) is 0 Å². The van der Waals surface area contributed by atoms with Gasteiger partial charge in [-0.3, -0.25) is 9.52 Å². The Balaban J connectivity index is 2.01. The number of methoxy groups -OCH3 is 1. The van der Waals surface area contributed by atoms with Gasteiger partial charge in [0.25, 0.3) is 10.0 Å². The van der Waals surface area contributed by atoms with Crippen molar-refractivity contribution in [2.75, 3.05) is 11.8 Å². The summed E-state index contributed by atoms with van der Waals surface area (Å²) in [6.07, 6.45) is 2.00. The highest BCUT2D eigenvalue weighted by Crippen LogP contribution is 2.32. The van der Waals surface area contributed by atoms with Crippen molar-refractivity contribution in [2.45, 2.75) is 43.6 Å². The minimum absolute atomic E-state index is 0.0412. The van der Waals surface area contributed by atoms with Gasteiger partial charge in [-0.2, -0.15) is 0 Å². The fraction of sp³-hybridized carbons (Fsp3) is 0.350. The molecular weight excluding hydrogens is 407 g/mol. The Bertz CT molecular complexity index is 1040. The van der Waals surface area contributed by atoms with E-state index in [1.165, 1.54) is 25.3 Å². The van der Waals surface area contributed by atoms with Crippen molar-refractivity contribution < 1.29 is 27.6 Å². The lowest BCUT2D eigenvalue weighted by atomic mass is 9.79. The molecule has 2 aromatic carbocycles. The van der Waals surface area contributed by atoms with Crippen molar-refractivity contribution in [1.29, 1.82) is 0 Å². The highest BCUT2D eigenvalue weighted by molar-refractivity contribution is 7.92. The summed E-state index contributed by atoms with van der Waals surface area (Å²) < 4.78 is 39.3. The molecule has 0 saturated carbocycles. The molecule has 1 amide bonds. The van der Waals surface area contributed by atoms with Crippen LogP contribution in [0.4, 0.5) is 5.69 Å². The number of benzene rings is 2. The van der Waals surface area contributed by atoms with E-state index >= 15 is 0 Å². The summed E-state index contributed by atoms with van der Waals surface area (Å²) in [6, 6.07) is 9.31. The Kier molecular flexibility index (Phi) is 6.69. The van der Waals surface area contributed by atoms with E-state index in [-0.39, 0.29) is 17.2 Å². The second-order valence-corrected chi connectivity index (χ2v) is 8.83. The smallest absolute Gasteiger partial charge is 0.491 e. The first-order valence-electron chi connectivity index (χ1n) is 9.69. The number of anilines is 1. The molecule has 10 heteroatoms. The Labute approximate surface area is 176 Å². The minimum Gasteiger partial charge on any atom is -0.497 e. The molecule has 0 spiro atoms. The number of nitrogens with one attached hydrogen (secondary N) is 1. The van der Waals surface area contributed by atoms with Gasteiger partial charge in [-0.05, 0) is 53.3 Å². The molecule has 1 unspecified atom stereocenters. The lowest BCUT2D eigenvalue weighted by Gasteiger charge is -2.19. The number of unbranched alkanes of at least 4 members (excludes halogenated alkanes) is 1. The number of amides is 1. The summed E-state index contributed by atoms with van der Waals surface area (Å²) in [4.78, 5) is 12.1. The minimum atomic E-state index is -4.04. The number of ether oxygens (including phenoxy) is 1. The fourth-order valence-corrected chi connectivity index (χ4v) is 4.82. The van der Waals surface area contributed by atoms with E-state index in [2.05, 4.69) is 4.72 Å². The van der Waals surface area contributed by atoms with Crippen LogP contribution < -0.4 is 20.7 Å². The van der Waals surface area contributed by atoms with Crippen LogP contribution in [0, 0.1) is 0 Å². The van der Waals surface area contributed by atoms with Crippen LogP contribution in [-0.4, -0.2) is 33.6 Å².